The molecule has 94 valence electrons. The number of hydrogen-bond acceptors (Lipinski definition) is 3. The third kappa shape index (κ3) is 8.23. The minimum atomic E-state index is -1.01. The maximum Gasteiger partial charge on any atom is 0.322 e. The molecule has 5 heteroatoms. The summed E-state index contributed by atoms with van der Waals surface area (Å²) in [6.07, 6.45) is 2.50. The Kier molecular flexibility index (Phi) is 8.52. The maximum absolute atomic E-state index is 11.3. The second-order valence-electron chi connectivity index (χ2n) is 3.76. The Morgan fingerprint density at radius 3 is 2.12 bits per heavy atom. The monoisotopic (exact) mass is 230 g/mol. The first-order valence-corrected chi connectivity index (χ1v) is 5.81. The summed E-state index contributed by atoms with van der Waals surface area (Å²) in [5.41, 5.74) is 0. The standard InChI is InChI=1S/C11H22N2O3/c1-3-6-13(7-4-2)8-5-10(14)12-9-11(15)16/h3-9H2,1-2H3,(H,12,14)(H,15,16). The van der Waals surface area contributed by atoms with Crippen molar-refractivity contribution in [3.8, 4) is 0 Å². The molecule has 0 aliphatic rings. The second kappa shape index (κ2) is 9.15. The second-order valence-corrected chi connectivity index (χ2v) is 3.76. The van der Waals surface area contributed by atoms with Crippen molar-refractivity contribution >= 4 is 11.9 Å². The van der Waals surface area contributed by atoms with Crippen LogP contribution in [-0.4, -0.2) is 48.1 Å². The maximum atomic E-state index is 11.3. The largest absolute Gasteiger partial charge is 0.480 e. The molecule has 0 aliphatic heterocycles. The lowest BCUT2D eigenvalue weighted by molar-refractivity contribution is -0.138. The molecule has 0 bridgehead atoms. The zero-order chi connectivity index (χ0) is 12.4. The first-order chi connectivity index (χ1) is 7.60. The first-order valence-electron chi connectivity index (χ1n) is 5.81. The molecule has 0 fully saturated rings. The number of carbonyl (C=O) groups is 2. The van der Waals surface area contributed by atoms with Gasteiger partial charge in [0.2, 0.25) is 5.91 Å². The number of carbonyl (C=O) groups excluding carboxylic acids is 1. The van der Waals surface area contributed by atoms with Crippen LogP contribution in [0.5, 0.6) is 0 Å². The van der Waals surface area contributed by atoms with Crippen molar-refractivity contribution in [3.63, 3.8) is 0 Å². The highest BCUT2D eigenvalue weighted by Gasteiger charge is 2.07. The Hall–Kier alpha value is -1.10. The van der Waals surface area contributed by atoms with Gasteiger partial charge in [0.15, 0.2) is 0 Å². The summed E-state index contributed by atoms with van der Waals surface area (Å²) >= 11 is 0. The molecule has 2 N–H and O–H groups in total. The summed E-state index contributed by atoms with van der Waals surface area (Å²) < 4.78 is 0. The van der Waals surface area contributed by atoms with E-state index in [0.717, 1.165) is 25.9 Å². The minimum absolute atomic E-state index is 0.195. The van der Waals surface area contributed by atoms with E-state index >= 15 is 0 Å². The molecule has 16 heavy (non-hydrogen) atoms. The molecular weight excluding hydrogens is 208 g/mol. The number of carboxylic acid groups (broad SMARTS) is 1. The van der Waals surface area contributed by atoms with Crippen LogP contribution >= 0.6 is 0 Å². The Bertz CT molecular complexity index is 213. The van der Waals surface area contributed by atoms with Crippen molar-refractivity contribution in [2.75, 3.05) is 26.2 Å². The van der Waals surface area contributed by atoms with Gasteiger partial charge in [-0.2, -0.15) is 0 Å². The molecule has 0 saturated heterocycles. The number of hydrogen-bond donors (Lipinski definition) is 2. The summed E-state index contributed by atoms with van der Waals surface area (Å²) in [6.45, 7) is 6.59. The average Bonchev–Trinajstić information content (AvgIpc) is 2.23. The molecule has 0 saturated carbocycles. The quantitative estimate of drug-likeness (QED) is 0.611. The highest BCUT2D eigenvalue weighted by atomic mass is 16.4. The van der Waals surface area contributed by atoms with Crippen LogP contribution in [0.2, 0.25) is 0 Å². The summed E-state index contributed by atoms with van der Waals surface area (Å²) in [7, 11) is 0. The van der Waals surface area contributed by atoms with Gasteiger partial charge in [-0.3, -0.25) is 9.59 Å². The molecule has 0 atom stereocenters. The van der Waals surface area contributed by atoms with Gasteiger partial charge >= 0.3 is 5.97 Å². The fraction of sp³-hybridized carbons (Fsp3) is 0.818. The molecule has 5 nitrogen and oxygen atoms in total. The lowest BCUT2D eigenvalue weighted by Gasteiger charge is -2.20. The van der Waals surface area contributed by atoms with E-state index in [-0.39, 0.29) is 12.5 Å². The van der Waals surface area contributed by atoms with Crippen LogP contribution in [0, 0.1) is 0 Å². The normalized spacial score (nSPS) is 10.4. The molecule has 0 spiro atoms. The van der Waals surface area contributed by atoms with Crippen molar-refractivity contribution < 1.29 is 14.7 Å². The van der Waals surface area contributed by atoms with Gasteiger partial charge in [-0.05, 0) is 25.9 Å². The van der Waals surface area contributed by atoms with Crippen molar-refractivity contribution in [2.45, 2.75) is 33.1 Å². The fourth-order valence-electron chi connectivity index (χ4n) is 1.49. The van der Waals surface area contributed by atoms with Gasteiger partial charge < -0.3 is 15.3 Å². The van der Waals surface area contributed by atoms with Gasteiger partial charge in [-0.1, -0.05) is 13.8 Å². The van der Waals surface area contributed by atoms with Gasteiger partial charge in [0.05, 0.1) is 0 Å². The number of nitrogens with zero attached hydrogens (tertiary/aromatic N) is 1. The summed E-state index contributed by atoms with van der Waals surface area (Å²) in [4.78, 5) is 23.7. The van der Waals surface area contributed by atoms with Crippen molar-refractivity contribution in [2.24, 2.45) is 0 Å². The molecule has 0 rings (SSSR count). The van der Waals surface area contributed by atoms with Crippen LogP contribution < -0.4 is 5.32 Å². The predicted molar refractivity (Wildman–Crippen MR) is 62.3 cm³/mol. The van der Waals surface area contributed by atoms with E-state index in [1.807, 2.05) is 0 Å². The average molecular weight is 230 g/mol. The third-order valence-electron chi connectivity index (χ3n) is 2.17. The number of rotatable bonds is 9. The lowest BCUT2D eigenvalue weighted by Crippen LogP contribution is -2.34. The number of carboxylic acids is 1. The first kappa shape index (κ1) is 14.9. The van der Waals surface area contributed by atoms with Crippen LogP contribution in [-0.2, 0) is 9.59 Å². The van der Waals surface area contributed by atoms with Crippen LogP contribution in [0.1, 0.15) is 33.1 Å². The van der Waals surface area contributed by atoms with Gasteiger partial charge in [-0.25, -0.2) is 0 Å². The summed E-state index contributed by atoms with van der Waals surface area (Å²) in [5, 5.41) is 10.7. The molecule has 1 amide bonds. The van der Waals surface area contributed by atoms with Crippen molar-refractivity contribution in [1.29, 1.82) is 0 Å². The van der Waals surface area contributed by atoms with Crippen LogP contribution in [0.15, 0.2) is 0 Å². The number of aliphatic carboxylic acids is 1. The van der Waals surface area contributed by atoms with Gasteiger partial charge in [0.1, 0.15) is 6.54 Å². The Balaban J connectivity index is 3.72. The Morgan fingerprint density at radius 2 is 1.69 bits per heavy atom. The van der Waals surface area contributed by atoms with Crippen molar-refractivity contribution in [1.82, 2.24) is 10.2 Å². The Labute approximate surface area is 96.8 Å². The van der Waals surface area contributed by atoms with Gasteiger partial charge in [0.25, 0.3) is 0 Å². The van der Waals surface area contributed by atoms with Gasteiger partial charge in [-0.15, -0.1) is 0 Å². The van der Waals surface area contributed by atoms with Crippen LogP contribution in [0.3, 0.4) is 0 Å². The Morgan fingerprint density at radius 1 is 1.12 bits per heavy atom. The van der Waals surface area contributed by atoms with Crippen LogP contribution in [0.25, 0.3) is 0 Å². The van der Waals surface area contributed by atoms with Crippen LogP contribution in [0.4, 0.5) is 0 Å². The van der Waals surface area contributed by atoms with E-state index in [4.69, 9.17) is 5.11 Å². The number of amides is 1. The lowest BCUT2D eigenvalue weighted by atomic mass is 10.3. The molecule has 0 heterocycles. The van der Waals surface area contributed by atoms with E-state index in [1.165, 1.54) is 0 Å². The fourth-order valence-corrected chi connectivity index (χ4v) is 1.49. The summed E-state index contributed by atoms with van der Waals surface area (Å²) in [6, 6.07) is 0. The smallest absolute Gasteiger partial charge is 0.322 e. The third-order valence-corrected chi connectivity index (χ3v) is 2.17. The zero-order valence-corrected chi connectivity index (χ0v) is 10.2. The minimum Gasteiger partial charge on any atom is -0.480 e. The highest BCUT2D eigenvalue weighted by molar-refractivity contribution is 5.81. The van der Waals surface area contributed by atoms with E-state index in [0.29, 0.717) is 13.0 Å². The molecule has 0 aromatic heterocycles. The van der Waals surface area contributed by atoms with E-state index in [2.05, 4.69) is 24.1 Å². The predicted octanol–water partition coefficient (Wildman–Crippen LogP) is 0.699. The highest BCUT2D eigenvalue weighted by Crippen LogP contribution is 1.96. The molecule has 0 aromatic carbocycles. The van der Waals surface area contributed by atoms with Gasteiger partial charge in [0, 0.05) is 13.0 Å². The number of nitrogens with one attached hydrogen (secondary N) is 1. The molecule has 0 radical (unpaired) electrons. The van der Waals surface area contributed by atoms with Crippen molar-refractivity contribution in [3.05, 3.63) is 0 Å². The summed E-state index contributed by atoms with van der Waals surface area (Å²) in [5.74, 6) is -1.20. The molecule has 0 aromatic rings. The van der Waals surface area contributed by atoms with E-state index in [9.17, 15) is 9.59 Å². The molecule has 0 unspecified atom stereocenters. The molecular formula is C11H22N2O3. The topological polar surface area (TPSA) is 69.6 Å². The van der Waals surface area contributed by atoms with E-state index < -0.39 is 5.97 Å². The van der Waals surface area contributed by atoms with E-state index in [1.54, 1.807) is 0 Å². The molecule has 0 aliphatic carbocycles. The zero-order valence-electron chi connectivity index (χ0n) is 10.2. The SMILES string of the molecule is CCCN(CCC)CCC(=O)NCC(=O)O.